The number of alkyl halides is 1. The summed E-state index contributed by atoms with van der Waals surface area (Å²) in [5.41, 5.74) is 7.52. The normalized spacial score (nSPS) is 31.3. The molecule has 1 aliphatic carbocycles. The molecule has 76 valence electrons. The van der Waals surface area contributed by atoms with Crippen molar-refractivity contribution >= 4 is 0 Å². The Morgan fingerprint density at radius 3 is 2.50 bits per heavy atom. The largest absolute Gasteiger partial charge is 0.327 e. The van der Waals surface area contributed by atoms with E-state index in [0.717, 1.165) is 11.1 Å². The van der Waals surface area contributed by atoms with Crippen LogP contribution in [0.3, 0.4) is 0 Å². The fourth-order valence-electron chi connectivity index (χ4n) is 2.31. The van der Waals surface area contributed by atoms with Crippen molar-refractivity contribution in [2.24, 2.45) is 5.73 Å². The van der Waals surface area contributed by atoms with Crippen molar-refractivity contribution in [2.75, 3.05) is 0 Å². The Kier molecular flexibility index (Phi) is 2.11. The second-order valence-electron chi connectivity index (χ2n) is 4.45. The summed E-state index contributed by atoms with van der Waals surface area (Å²) in [4.78, 5) is 0. The second-order valence-corrected chi connectivity index (χ2v) is 4.45. The Morgan fingerprint density at radius 2 is 2.00 bits per heavy atom. The lowest BCUT2D eigenvalue weighted by atomic mass is 9.72. The SMILES string of the molecule is Cc1ccc(C2(F)CC(N)C2)c(C)c1. The predicted molar refractivity (Wildman–Crippen MR) is 55.9 cm³/mol. The number of hydrogen-bond acceptors (Lipinski definition) is 1. The molecule has 0 spiro atoms. The molecule has 1 aromatic rings. The lowest BCUT2D eigenvalue weighted by molar-refractivity contribution is 0.0399. The Morgan fingerprint density at radius 1 is 1.36 bits per heavy atom. The molecule has 0 aliphatic heterocycles. The van der Waals surface area contributed by atoms with Gasteiger partial charge in [0.25, 0.3) is 0 Å². The monoisotopic (exact) mass is 193 g/mol. The van der Waals surface area contributed by atoms with E-state index in [1.54, 1.807) is 0 Å². The maximum absolute atomic E-state index is 14.2. The number of aryl methyl sites for hydroxylation is 2. The lowest BCUT2D eigenvalue weighted by Crippen LogP contribution is -2.46. The average molecular weight is 193 g/mol. The third-order valence-corrected chi connectivity index (χ3v) is 3.04. The molecular weight excluding hydrogens is 177 g/mol. The molecule has 0 bridgehead atoms. The van der Waals surface area contributed by atoms with Crippen molar-refractivity contribution < 1.29 is 4.39 Å². The van der Waals surface area contributed by atoms with E-state index in [1.165, 1.54) is 5.56 Å². The lowest BCUT2D eigenvalue weighted by Gasteiger charge is -2.40. The van der Waals surface area contributed by atoms with Crippen LogP contribution in [0.2, 0.25) is 0 Å². The third-order valence-electron chi connectivity index (χ3n) is 3.04. The first kappa shape index (κ1) is 9.66. The number of rotatable bonds is 1. The fraction of sp³-hybridized carbons (Fsp3) is 0.500. The van der Waals surface area contributed by atoms with Crippen molar-refractivity contribution in [1.29, 1.82) is 0 Å². The first-order valence-corrected chi connectivity index (χ1v) is 5.03. The highest BCUT2D eigenvalue weighted by molar-refractivity contribution is 5.36. The zero-order valence-electron chi connectivity index (χ0n) is 8.68. The van der Waals surface area contributed by atoms with E-state index in [2.05, 4.69) is 0 Å². The Labute approximate surface area is 84.1 Å². The van der Waals surface area contributed by atoms with E-state index in [4.69, 9.17) is 5.73 Å². The number of halogens is 1. The van der Waals surface area contributed by atoms with Gasteiger partial charge in [-0.25, -0.2) is 4.39 Å². The highest BCUT2D eigenvalue weighted by Gasteiger charge is 2.45. The van der Waals surface area contributed by atoms with Gasteiger partial charge in [-0.2, -0.15) is 0 Å². The Balaban J connectivity index is 2.33. The minimum atomic E-state index is -1.16. The zero-order chi connectivity index (χ0) is 10.3. The van der Waals surface area contributed by atoms with E-state index in [-0.39, 0.29) is 6.04 Å². The van der Waals surface area contributed by atoms with Crippen molar-refractivity contribution in [1.82, 2.24) is 0 Å². The maximum atomic E-state index is 14.2. The number of hydrogen-bond donors (Lipinski definition) is 1. The van der Waals surface area contributed by atoms with Crippen LogP contribution in [0, 0.1) is 13.8 Å². The Hall–Kier alpha value is -0.890. The van der Waals surface area contributed by atoms with Gasteiger partial charge >= 0.3 is 0 Å². The molecule has 0 aromatic heterocycles. The van der Waals surface area contributed by atoms with Crippen LogP contribution in [0.5, 0.6) is 0 Å². The van der Waals surface area contributed by atoms with Crippen molar-refractivity contribution in [3.63, 3.8) is 0 Å². The molecule has 0 atom stereocenters. The van der Waals surface area contributed by atoms with Gasteiger partial charge in [0.2, 0.25) is 0 Å². The molecule has 1 fully saturated rings. The minimum absolute atomic E-state index is 0.0423. The molecule has 1 aliphatic rings. The fourth-order valence-corrected chi connectivity index (χ4v) is 2.31. The van der Waals surface area contributed by atoms with Gasteiger partial charge < -0.3 is 5.73 Å². The maximum Gasteiger partial charge on any atom is 0.139 e. The highest BCUT2D eigenvalue weighted by atomic mass is 19.1. The highest BCUT2D eigenvalue weighted by Crippen LogP contribution is 2.45. The van der Waals surface area contributed by atoms with Crippen LogP contribution in [-0.2, 0) is 5.67 Å². The quantitative estimate of drug-likeness (QED) is 0.729. The van der Waals surface area contributed by atoms with Gasteiger partial charge in [0.05, 0.1) is 0 Å². The van der Waals surface area contributed by atoms with Crippen LogP contribution in [0.4, 0.5) is 4.39 Å². The minimum Gasteiger partial charge on any atom is -0.327 e. The topological polar surface area (TPSA) is 26.0 Å². The van der Waals surface area contributed by atoms with Gasteiger partial charge in [0, 0.05) is 18.9 Å². The summed E-state index contributed by atoms with van der Waals surface area (Å²) in [7, 11) is 0. The summed E-state index contributed by atoms with van der Waals surface area (Å²) >= 11 is 0. The van der Waals surface area contributed by atoms with E-state index in [1.807, 2.05) is 32.0 Å². The van der Waals surface area contributed by atoms with Gasteiger partial charge in [-0.15, -0.1) is 0 Å². The molecule has 0 heterocycles. The predicted octanol–water partition coefficient (Wildman–Crippen LogP) is 2.59. The molecule has 1 nitrogen and oxygen atoms in total. The third kappa shape index (κ3) is 1.44. The van der Waals surface area contributed by atoms with Crippen LogP contribution in [0.15, 0.2) is 18.2 Å². The van der Waals surface area contributed by atoms with Gasteiger partial charge in [-0.3, -0.25) is 0 Å². The smallest absolute Gasteiger partial charge is 0.139 e. The summed E-state index contributed by atoms with van der Waals surface area (Å²) in [5.74, 6) is 0. The summed E-state index contributed by atoms with van der Waals surface area (Å²) in [6.07, 6.45) is 0.938. The van der Waals surface area contributed by atoms with Gasteiger partial charge in [0.15, 0.2) is 0 Å². The van der Waals surface area contributed by atoms with Crippen LogP contribution < -0.4 is 5.73 Å². The van der Waals surface area contributed by atoms with Crippen molar-refractivity contribution in [3.8, 4) is 0 Å². The van der Waals surface area contributed by atoms with E-state index >= 15 is 0 Å². The molecule has 0 radical (unpaired) electrons. The number of benzene rings is 1. The van der Waals surface area contributed by atoms with Gasteiger partial charge in [-0.1, -0.05) is 23.8 Å². The van der Waals surface area contributed by atoms with E-state index in [0.29, 0.717) is 12.8 Å². The van der Waals surface area contributed by atoms with Crippen LogP contribution in [0.25, 0.3) is 0 Å². The number of nitrogens with two attached hydrogens (primary N) is 1. The standard InChI is InChI=1S/C12H16FN/c1-8-3-4-11(9(2)5-8)12(13)6-10(14)7-12/h3-5,10H,6-7,14H2,1-2H3. The molecule has 0 unspecified atom stereocenters. The molecule has 1 aromatic carbocycles. The van der Waals surface area contributed by atoms with Gasteiger partial charge in [0.1, 0.15) is 5.67 Å². The van der Waals surface area contributed by atoms with Crippen LogP contribution in [0.1, 0.15) is 29.5 Å². The summed E-state index contributed by atoms with van der Waals surface area (Å²) in [6, 6.07) is 5.94. The first-order chi connectivity index (χ1) is 6.51. The molecule has 0 amide bonds. The summed E-state index contributed by atoms with van der Waals surface area (Å²) in [5, 5.41) is 0. The molecule has 1 saturated carbocycles. The molecule has 2 N–H and O–H groups in total. The Bertz CT molecular complexity index is 353. The molecule has 0 saturated heterocycles. The first-order valence-electron chi connectivity index (χ1n) is 5.03. The molecule has 2 heteroatoms. The van der Waals surface area contributed by atoms with Crippen molar-refractivity contribution in [2.45, 2.75) is 38.4 Å². The second kappa shape index (κ2) is 3.06. The molecular formula is C12H16FN. The van der Waals surface area contributed by atoms with Crippen LogP contribution in [-0.4, -0.2) is 6.04 Å². The van der Waals surface area contributed by atoms with E-state index < -0.39 is 5.67 Å². The van der Waals surface area contributed by atoms with Crippen molar-refractivity contribution in [3.05, 3.63) is 34.9 Å². The van der Waals surface area contributed by atoms with Crippen LogP contribution >= 0.6 is 0 Å². The average Bonchev–Trinajstić information content (AvgIpc) is 2.00. The van der Waals surface area contributed by atoms with E-state index in [9.17, 15) is 4.39 Å². The summed E-state index contributed by atoms with van der Waals surface area (Å²) in [6.45, 7) is 3.99. The molecule has 2 rings (SSSR count). The molecule has 14 heavy (non-hydrogen) atoms. The summed E-state index contributed by atoms with van der Waals surface area (Å²) < 4.78 is 14.2. The van der Waals surface area contributed by atoms with Gasteiger partial charge in [-0.05, 0) is 25.0 Å². The zero-order valence-corrected chi connectivity index (χ0v) is 8.68.